The summed E-state index contributed by atoms with van der Waals surface area (Å²) in [6, 6.07) is 12.8. The minimum Gasteiger partial charge on any atom is -0.389 e. The second-order valence-corrected chi connectivity index (χ2v) is 8.01. The average Bonchev–Trinajstić information content (AvgIpc) is 3.17. The van der Waals surface area contributed by atoms with E-state index in [1.165, 1.54) is 6.07 Å². The largest absolute Gasteiger partial charge is 0.410 e. The number of nitrogens with one attached hydrogen (secondary N) is 2. The zero-order chi connectivity index (χ0) is 23.0. The van der Waals surface area contributed by atoms with Gasteiger partial charge in [0.15, 0.2) is 11.7 Å². The van der Waals surface area contributed by atoms with E-state index in [1.54, 1.807) is 43.3 Å². The highest BCUT2D eigenvalue weighted by Gasteiger charge is 2.46. The Hall–Kier alpha value is -3.33. The number of hydrogen-bond acceptors (Lipinski definition) is 4. The van der Waals surface area contributed by atoms with Crippen LogP contribution in [0, 0.1) is 6.92 Å². The first-order valence-electron chi connectivity index (χ1n) is 10.2. The minimum atomic E-state index is -4.52. The molecule has 168 valence electrons. The van der Waals surface area contributed by atoms with Gasteiger partial charge in [-0.15, -0.1) is 0 Å². The molecule has 3 atom stereocenters. The van der Waals surface area contributed by atoms with Crippen LogP contribution >= 0.6 is 0 Å². The number of rotatable bonds is 4. The second kappa shape index (κ2) is 8.31. The monoisotopic (exact) mass is 444 g/mol. The van der Waals surface area contributed by atoms with Gasteiger partial charge >= 0.3 is 6.18 Å². The van der Waals surface area contributed by atoms with Gasteiger partial charge in [-0.05, 0) is 37.1 Å². The topological polar surface area (TPSA) is 79.2 Å². The zero-order valence-electron chi connectivity index (χ0n) is 17.5. The maximum Gasteiger partial charge on any atom is 0.410 e. The number of nitrogens with zero attached hydrogens (tertiary/aromatic N) is 2. The van der Waals surface area contributed by atoms with E-state index in [0.717, 1.165) is 15.8 Å². The standard InChI is InChI=1S/C23H23F3N4O2/c1-13-3-5-16(6-4-13)18-11-20(23(24,25)26)30-21(28-18)12-19(29-30)22(32)27-17-9-7-15(8-10-17)14(2)31/h3-10,12,14,18,20,28,31H,11H2,1-2H3,(H,27,32)/t14-,18-,20+/m0/s1. The maximum atomic E-state index is 13.8. The van der Waals surface area contributed by atoms with Crippen molar-refractivity contribution in [2.75, 3.05) is 10.6 Å². The van der Waals surface area contributed by atoms with Crippen molar-refractivity contribution in [2.24, 2.45) is 0 Å². The predicted octanol–water partition coefficient (Wildman–Crippen LogP) is 5.16. The van der Waals surface area contributed by atoms with Crippen molar-refractivity contribution >= 4 is 17.4 Å². The number of amides is 1. The van der Waals surface area contributed by atoms with Gasteiger partial charge in [-0.1, -0.05) is 42.0 Å². The normalized spacial score (nSPS) is 19.1. The summed E-state index contributed by atoms with van der Waals surface area (Å²) in [4.78, 5) is 12.7. The van der Waals surface area contributed by atoms with Gasteiger partial charge < -0.3 is 15.7 Å². The second-order valence-electron chi connectivity index (χ2n) is 8.01. The predicted molar refractivity (Wildman–Crippen MR) is 115 cm³/mol. The molecule has 2 heterocycles. The molecule has 2 aromatic carbocycles. The van der Waals surface area contributed by atoms with E-state index in [9.17, 15) is 23.1 Å². The first-order valence-corrected chi connectivity index (χ1v) is 10.2. The van der Waals surface area contributed by atoms with Gasteiger partial charge in [0.05, 0.1) is 12.1 Å². The Bertz CT molecular complexity index is 1110. The van der Waals surface area contributed by atoms with Crippen LogP contribution in [0.4, 0.5) is 24.7 Å². The van der Waals surface area contributed by atoms with Gasteiger partial charge in [-0.2, -0.15) is 18.3 Å². The van der Waals surface area contributed by atoms with Gasteiger partial charge in [0.2, 0.25) is 0 Å². The maximum absolute atomic E-state index is 13.8. The molecular formula is C23H23F3N4O2. The SMILES string of the molecule is Cc1ccc([C@@H]2C[C@H](C(F)(F)F)n3nc(C(=O)Nc4ccc([C@H](C)O)cc4)cc3N2)cc1. The molecule has 0 unspecified atom stereocenters. The first-order chi connectivity index (χ1) is 15.1. The van der Waals surface area contributed by atoms with E-state index in [-0.39, 0.29) is 17.9 Å². The van der Waals surface area contributed by atoms with E-state index in [4.69, 9.17) is 0 Å². The Morgan fingerprint density at radius 1 is 1.19 bits per heavy atom. The number of carbonyl (C=O) groups is 1. The molecule has 0 spiro atoms. The fourth-order valence-electron chi connectivity index (χ4n) is 3.74. The molecule has 0 saturated carbocycles. The molecular weight excluding hydrogens is 421 g/mol. The summed E-state index contributed by atoms with van der Waals surface area (Å²) in [5, 5.41) is 19.3. The van der Waals surface area contributed by atoms with Gasteiger partial charge in [-0.25, -0.2) is 4.68 Å². The number of aryl methyl sites for hydroxylation is 1. The fourth-order valence-corrected chi connectivity index (χ4v) is 3.74. The summed E-state index contributed by atoms with van der Waals surface area (Å²) in [5.74, 6) is -0.481. The van der Waals surface area contributed by atoms with E-state index in [1.807, 2.05) is 19.1 Å². The number of carbonyl (C=O) groups excluding carboxylic acids is 1. The molecule has 0 aliphatic carbocycles. The van der Waals surface area contributed by atoms with Gasteiger partial charge in [0.25, 0.3) is 5.91 Å². The average molecular weight is 444 g/mol. The molecule has 1 aliphatic heterocycles. The molecule has 0 radical (unpaired) electrons. The lowest BCUT2D eigenvalue weighted by atomic mass is 9.96. The van der Waals surface area contributed by atoms with Crippen LogP contribution in [0.1, 0.15) is 58.7 Å². The lowest BCUT2D eigenvalue weighted by Crippen LogP contribution is -2.35. The number of halogens is 3. The van der Waals surface area contributed by atoms with E-state index >= 15 is 0 Å². The molecule has 0 fully saturated rings. The number of fused-ring (bicyclic) bond motifs is 1. The zero-order valence-corrected chi connectivity index (χ0v) is 17.5. The Morgan fingerprint density at radius 3 is 2.44 bits per heavy atom. The van der Waals surface area contributed by atoms with Crippen molar-refractivity contribution in [3.05, 3.63) is 77.0 Å². The third kappa shape index (κ3) is 4.47. The molecule has 1 amide bonds. The molecule has 9 heteroatoms. The summed E-state index contributed by atoms with van der Waals surface area (Å²) in [5.41, 5.74) is 2.76. The highest BCUT2D eigenvalue weighted by Crippen LogP contribution is 2.43. The molecule has 1 aromatic heterocycles. The van der Waals surface area contributed by atoms with Crippen LogP contribution in [0.2, 0.25) is 0 Å². The number of hydrogen-bond donors (Lipinski definition) is 3. The summed E-state index contributed by atoms with van der Waals surface area (Å²) in [7, 11) is 0. The van der Waals surface area contributed by atoms with Crippen molar-refractivity contribution in [1.29, 1.82) is 0 Å². The van der Waals surface area contributed by atoms with Crippen LogP contribution in [-0.4, -0.2) is 27.0 Å². The number of benzene rings is 2. The van der Waals surface area contributed by atoms with E-state index in [2.05, 4.69) is 15.7 Å². The van der Waals surface area contributed by atoms with E-state index < -0.39 is 30.3 Å². The summed E-state index contributed by atoms with van der Waals surface area (Å²) in [6.45, 7) is 3.53. The number of alkyl halides is 3. The molecule has 3 N–H and O–H groups in total. The Balaban J connectivity index is 1.59. The number of aliphatic hydroxyl groups is 1. The first kappa shape index (κ1) is 21.9. The van der Waals surface area contributed by atoms with Crippen LogP contribution in [0.15, 0.2) is 54.6 Å². The third-order valence-electron chi connectivity index (χ3n) is 5.55. The number of aromatic nitrogens is 2. The molecule has 6 nitrogen and oxygen atoms in total. The molecule has 32 heavy (non-hydrogen) atoms. The molecule has 1 aliphatic rings. The quantitative estimate of drug-likeness (QED) is 0.520. The van der Waals surface area contributed by atoms with Crippen LogP contribution < -0.4 is 10.6 Å². The number of anilines is 2. The van der Waals surface area contributed by atoms with Crippen molar-refractivity contribution in [1.82, 2.24) is 9.78 Å². The lowest BCUT2D eigenvalue weighted by molar-refractivity contribution is -0.173. The van der Waals surface area contributed by atoms with Crippen LogP contribution in [-0.2, 0) is 0 Å². The molecule has 3 aromatic rings. The smallest absolute Gasteiger partial charge is 0.389 e. The van der Waals surface area contributed by atoms with Gasteiger partial charge in [-0.3, -0.25) is 4.79 Å². The van der Waals surface area contributed by atoms with E-state index in [0.29, 0.717) is 11.3 Å². The summed E-state index contributed by atoms with van der Waals surface area (Å²) < 4.78 is 42.3. The fraction of sp³-hybridized carbons (Fsp3) is 0.304. The van der Waals surface area contributed by atoms with Crippen molar-refractivity contribution in [3.63, 3.8) is 0 Å². The molecule has 0 bridgehead atoms. The van der Waals surface area contributed by atoms with Crippen LogP contribution in [0.3, 0.4) is 0 Å². The molecule has 4 rings (SSSR count). The van der Waals surface area contributed by atoms with Gasteiger partial charge in [0, 0.05) is 18.2 Å². The van der Waals surface area contributed by atoms with Gasteiger partial charge in [0.1, 0.15) is 5.82 Å². The number of aliphatic hydroxyl groups excluding tert-OH is 1. The highest BCUT2D eigenvalue weighted by atomic mass is 19.4. The van der Waals surface area contributed by atoms with Crippen molar-refractivity contribution in [2.45, 2.75) is 44.6 Å². The Morgan fingerprint density at radius 2 is 1.84 bits per heavy atom. The van der Waals surface area contributed by atoms with Crippen molar-refractivity contribution < 1.29 is 23.1 Å². The molecule has 0 saturated heterocycles. The summed E-state index contributed by atoms with van der Waals surface area (Å²) >= 11 is 0. The lowest BCUT2D eigenvalue weighted by Gasteiger charge is -2.33. The van der Waals surface area contributed by atoms with Crippen LogP contribution in [0.5, 0.6) is 0 Å². The van der Waals surface area contributed by atoms with Crippen molar-refractivity contribution in [3.8, 4) is 0 Å². The van der Waals surface area contributed by atoms with Crippen LogP contribution in [0.25, 0.3) is 0 Å². The Labute approximate surface area is 183 Å². The summed E-state index contributed by atoms with van der Waals surface area (Å²) in [6.07, 6.45) is -5.40. The Kier molecular flexibility index (Phi) is 5.68. The minimum absolute atomic E-state index is 0.120. The third-order valence-corrected chi connectivity index (χ3v) is 5.55. The highest BCUT2D eigenvalue weighted by molar-refractivity contribution is 6.03.